The van der Waals surface area contributed by atoms with Gasteiger partial charge in [0.15, 0.2) is 0 Å². The highest BCUT2D eigenvalue weighted by atomic mass is 79.9. The maximum absolute atomic E-state index is 11.9. The number of anilines is 1. The van der Waals surface area contributed by atoms with Gasteiger partial charge in [-0.2, -0.15) is 5.26 Å². The van der Waals surface area contributed by atoms with E-state index in [2.05, 4.69) is 31.9 Å². The summed E-state index contributed by atoms with van der Waals surface area (Å²) < 4.78 is 0. The Balaban J connectivity index is 2.66. The van der Waals surface area contributed by atoms with Crippen LogP contribution in [0.2, 0.25) is 0 Å². The number of amides is 3. The molecule has 0 radical (unpaired) electrons. The number of carbonyl (C=O) groups excluding carboxylic acids is 2. The number of nitriles is 1. The van der Waals surface area contributed by atoms with Crippen LogP contribution in [0.15, 0.2) is 41.6 Å². The average Bonchev–Trinajstić information content (AvgIpc) is 2.46. The fraction of sp³-hybridized carbons (Fsp3) is 0.214. The monoisotopic (exact) mass is 350 g/mol. The van der Waals surface area contributed by atoms with Gasteiger partial charge in [0.05, 0.1) is 0 Å². The Morgan fingerprint density at radius 2 is 1.95 bits per heavy atom. The van der Waals surface area contributed by atoms with Crippen molar-refractivity contribution in [2.75, 3.05) is 17.2 Å². The van der Waals surface area contributed by atoms with E-state index in [9.17, 15) is 9.59 Å². The van der Waals surface area contributed by atoms with Gasteiger partial charge in [-0.15, -0.1) is 0 Å². The number of rotatable bonds is 5. The average molecular weight is 351 g/mol. The summed E-state index contributed by atoms with van der Waals surface area (Å²) in [7, 11) is 0. The molecule has 3 amide bonds. The summed E-state index contributed by atoms with van der Waals surface area (Å²) in [6, 6.07) is 9.80. The SMILES string of the molecule is C/C(NCCBr)=C(\C#N)C(=O)NC(=O)Nc1ccccc1. The number of nitrogens with one attached hydrogen (secondary N) is 3. The third kappa shape index (κ3) is 5.67. The fourth-order valence-corrected chi connectivity index (χ4v) is 1.68. The van der Waals surface area contributed by atoms with Crippen LogP contribution >= 0.6 is 15.9 Å². The first kappa shape index (κ1) is 16.7. The molecule has 0 unspecified atom stereocenters. The van der Waals surface area contributed by atoms with Crippen molar-refractivity contribution < 1.29 is 9.59 Å². The van der Waals surface area contributed by atoms with E-state index in [1.165, 1.54) is 0 Å². The van der Waals surface area contributed by atoms with Gasteiger partial charge in [-0.25, -0.2) is 4.79 Å². The van der Waals surface area contributed by atoms with Gasteiger partial charge in [0.2, 0.25) is 0 Å². The van der Waals surface area contributed by atoms with Crippen LogP contribution < -0.4 is 16.0 Å². The van der Waals surface area contributed by atoms with E-state index in [1.807, 2.05) is 6.07 Å². The Hall–Kier alpha value is -2.33. The van der Waals surface area contributed by atoms with Crippen LogP contribution in [0.3, 0.4) is 0 Å². The molecule has 0 bridgehead atoms. The third-order valence-corrected chi connectivity index (χ3v) is 2.85. The highest BCUT2D eigenvalue weighted by Crippen LogP contribution is 2.05. The lowest BCUT2D eigenvalue weighted by atomic mass is 10.2. The molecular formula is C14H15BrN4O2. The van der Waals surface area contributed by atoms with Crippen molar-refractivity contribution >= 4 is 33.6 Å². The number of carbonyl (C=O) groups is 2. The molecule has 0 aromatic heterocycles. The summed E-state index contributed by atoms with van der Waals surface area (Å²) in [5.41, 5.74) is 0.848. The molecule has 110 valence electrons. The number of urea groups is 1. The summed E-state index contributed by atoms with van der Waals surface area (Å²) >= 11 is 3.23. The highest BCUT2D eigenvalue weighted by molar-refractivity contribution is 9.09. The second kappa shape index (κ2) is 8.76. The second-order valence-corrected chi connectivity index (χ2v) is 4.79. The quantitative estimate of drug-likeness (QED) is 0.430. The molecule has 21 heavy (non-hydrogen) atoms. The summed E-state index contributed by atoms with van der Waals surface area (Å²) in [5.74, 6) is -0.745. The molecule has 6 nitrogen and oxygen atoms in total. The van der Waals surface area contributed by atoms with Gasteiger partial charge in [-0.05, 0) is 19.1 Å². The summed E-state index contributed by atoms with van der Waals surface area (Å²) in [6.45, 7) is 2.18. The van der Waals surface area contributed by atoms with Gasteiger partial charge in [0.25, 0.3) is 5.91 Å². The maximum Gasteiger partial charge on any atom is 0.326 e. The maximum atomic E-state index is 11.9. The Morgan fingerprint density at radius 1 is 1.29 bits per heavy atom. The fourth-order valence-electron chi connectivity index (χ4n) is 1.48. The van der Waals surface area contributed by atoms with Crippen LogP contribution in [0.5, 0.6) is 0 Å². The van der Waals surface area contributed by atoms with Crippen LogP contribution in [0.1, 0.15) is 6.92 Å². The molecule has 0 aliphatic rings. The Morgan fingerprint density at radius 3 is 2.52 bits per heavy atom. The van der Waals surface area contributed by atoms with Gasteiger partial charge in [0.1, 0.15) is 11.6 Å². The molecule has 3 N–H and O–H groups in total. The smallest absolute Gasteiger partial charge is 0.326 e. The first-order chi connectivity index (χ1) is 10.1. The predicted molar refractivity (Wildman–Crippen MR) is 83.7 cm³/mol. The molecule has 0 saturated heterocycles. The van der Waals surface area contributed by atoms with E-state index in [-0.39, 0.29) is 5.57 Å². The van der Waals surface area contributed by atoms with Gasteiger partial charge in [0, 0.05) is 23.3 Å². The predicted octanol–water partition coefficient (Wildman–Crippen LogP) is 2.12. The third-order valence-electron chi connectivity index (χ3n) is 2.46. The molecule has 0 fully saturated rings. The molecule has 0 spiro atoms. The van der Waals surface area contributed by atoms with E-state index in [1.54, 1.807) is 37.3 Å². The summed E-state index contributed by atoms with van der Waals surface area (Å²) in [5, 5.41) is 17.2. The van der Waals surface area contributed by atoms with Gasteiger partial charge in [-0.1, -0.05) is 34.1 Å². The number of halogens is 1. The first-order valence-corrected chi connectivity index (χ1v) is 7.28. The zero-order chi connectivity index (χ0) is 15.7. The highest BCUT2D eigenvalue weighted by Gasteiger charge is 2.15. The van der Waals surface area contributed by atoms with E-state index >= 15 is 0 Å². The number of imide groups is 1. The number of hydrogen-bond donors (Lipinski definition) is 3. The number of nitrogens with zero attached hydrogens (tertiary/aromatic N) is 1. The number of para-hydroxylation sites is 1. The molecular weight excluding hydrogens is 336 g/mol. The number of hydrogen-bond acceptors (Lipinski definition) is 4. The zero-order valence-electron chi connectivity index (χ0n) is 11.4. The largest absolute Gasteiger partial charge is 0.387 e. The van der Waals surface area contributed by atoms with Crippen molar-refractivity contribution in [3.8, 4) is 6.07 Å². The summed E-state index contributed by atoms with van der Waals surface area (Å²) in [4.78, 5) is 23.6. The Bertz CT molecular complexity index is 578. The minimum atomic E-state index is -0.745. The van der Waals surface area contributed by atoms with E-state index in [0.29, 0.717) is 23.3 Å². The standard InChI is InChI=1S/C14H15BrN4O2/c1-10(17-8-7-15)12(9-16)13(20)19-14(21)18-11-5-3-2-4-6-11/h2-6,17H,7-8H2,1H3,(H2,18,19,20,21)/b12-10-. The summed E-state index contributed by atoms with van der Waals surface area (Å²) in [6.07, 6.45) is 0. The van der Waals surface area contributed by atoms with Crippen LogP contribution in [-0.4, -0.2) is 23.8 Å². The Kier molecular flexibility index (Phi) is 6.98. The van der Waals surface area contributed by atoms with Gasteiger partial charge >= 0.3 is 6.03 Å². The number of benzene rings is 1. The normalized spacial score (nSPS) is 10.9. The molecule has 1 aromatic carbocycles. The van der Waals surface area contributed by atoms with Crippen molar-refractivity contribution in [1.29, 1.82) is 5.26 Å². The van der Waals surface area contributed by atoms with Gasteiger partial charge < -0.3 is 10.6 Å². The molecule has 0 atom stereocenters. The van der Waals surface area contributed by atoms with Crippen molar-refractivity contribution in [1.82, 2.24) is 10.6 Å². The van der Waals surface area contributed by atoms with Crippen molar-refractivity contribution in [3.05, 3.63) is 41.6 Å². The number of allylic oxidation sites excluding steroid dienone is 1. The molecule has 0 aliphatic heterocycles. The van der Waals surface area contributed by atoms with Gasteiger partial charge in [-0.3, -0.25) is 10.1 Å². The lowest BCUT2D eigenvalue weighted by Crippen LogP contribution is -2.36. The topological polar surface area (TPSA) is 94.0 Å². The molecule has 7 heteroatoms. The van der Waals surface area contributed by atoms with Crippen LogP contribution in [0.4, 0.5) is 10.5 Å². The van der Waals surface area contributed by atoms with E-state index < -0.39 is 11.9 Å². The minimum absolute atomic E-state index is 0.126. The Labute approximate surface area is 131 Å². The first-order valence-electron chi connectivity index (χ1n) is 6.16. The van der Waals surface area contributed by atoms with Crippen molar-refractivity contribution in [3.63, 3.8) is 0 Å². The molecule has 0 saturated carbocycles. The van der Waals surface area contributed by atoms with Crippen molar-refractivity contribution in [2.45, 2.75) is 6.92 Å². The molecule has 0 aliphatic carbocycles. The van der Waals surface area contributed by atoms with E-state index in [0.717, 1.165) is 0 Å². The second-order valence-electron chi connectivity index (χ2n) is 4.00. The lowest BCUT2D eigenvalue weighted by molar-refractivity contribution is -0.116. The van der Waals surface area contributed by atoms with Crippen molar-refractivity contribution in [2.24, 2.45) is 0 Å². The zero-order valence-corrected chi connectivity index (χ0v) is 13.0. The van der Waals surface area contributed by atoms with E-state index in [4.69, 9.17) is 5.26 Å². The minimum Gasteiger partial charge on any atom is -0.387 e. The van der Waals surface area contributed by atoms with Crippen LogP contribution in [0.25, 0.3) is 0 Å². The molecule has 1 aromatic rings. The van der Waals surface area contributed by atoms with Crippen LogP contribution in [0, 0.1) is 11.3 Å². The molecule has 1 rings (SSSR count). The lowest BCUT2D eigenvalue weighted by Gasteiger charge is -2.09. The van der Waals surface area contributed by atoms with Crippen LogP contribution in [-0.2, 0) is 4.79 Å². The molecule has 0 heterocycles. The number of alkyl halides is 1.